The molecule has 2 aromatic rings. The topological polar surface area (TPSA) is 27.1 Å². The molecule has 0 N–H and O–H groups in total. The molecule has 1 fully saturated rings. The Morgan fingerprint density at radius 3 is 3.21 bits per heavy atom. The van der Waals surface area contributed by atoms with Crippen LogP contribution in [0.4, 0.5) is 0 Å². The fourth-order valence-electron chi connectivity index (χ4n) is 3.61. The van der Waals surface area contributed by atoms with Crippen molar-refractivity contribution < 1.29 is 4.74 Å². The highest BCUT2D eigenvalue weighted by atomic mass is 32.1. The Morgan fingerprint density at radius 2 is 2.37 bits per heavy atom. The van der Waals surface area contributed by atoms with Gasteiger partial charge in [0.25, 0.3) is 0 Å². The molecule has 0 saturated carbocycles. The fourth-order valence-corrected chi connectivity index (χ4v) is 4.71. The van der Waals surface area contributed by atoms with Crippen molar-refractivity contribution in [2.24, 2.45) is 5.92 Å². The van der Waals surface area contributed by atoms with Gasteiger partial charge < -0.3 is 9.30 Å². The van der Waals surface area contributed by atoms with Gasteiger partial charge in [0.1, 0.15) is 0 Å². The van der Waals surface area contributed by atoms with Crippen LogP contribution in [0.3, 0.4) is 0 Å². The zero-order valence-corrected chi connectivity index (χ0v) is 12.1. The Bertz CT molecular complexity index is 573. The quantitative estimate of drug-likeness (QED) is 0.792. The standard InChI is InChI=1S/C15H18N2OS/c1-15(2)7-10(3-5-18-15)13-14-11(4-6-19-14)12-8-16-9-17(12)13/h4,6,8-10,13H,3,5,7H2,1-2H3/t10?,13-/m0/s1. The summed E-state index contributed by atoms with van der Waals surface area (Å²) in [6.07, 6.45) is 6.25. The SMILES string of the molecule is CC1(C)CC([C@H]2c3sccc3-c3cncn32)CCO1. The number of aromatic nitrogens is 2. The third kappa shape index (κ3) is 1.70. The molecular formula is C15H18N2OS. The van der Waals surface area contributed by atoms with Gasteiger partial charge in [0.2, 0.25) is 0 Å². The van der Waals surface area contributed by atoms with Crippen molar-refractivity contribution in [3.63, 3.8) is 0 Å². The molecule has 0 radical (unpaired) electrons. The molecule has 3 nitrogen and oxygen atoms in total. The van der Waals surface area contributed by atoms with Crippen molar-refractivity contribution in [2.45, 2.75) is 38.3 Å². The summed E-state index contributed by atoms with van der Waals surface area (Å²) in [6.45, 7) is 5.29. The van der Waals surface area contributed by atoms with E-state index in [1.54, 1.807) is 0 Å². The summed E-state index contributed by atoms with van der Waals surface area (Å²) in [5.74, 6) is 0.650. The smallest absolute Gasteiger partial charge is 0.0957 e. The summed E-state index contributed by atoms with van der Waals surface area (Å²) >= 11 is 1.89. The summed E-state index contributed by atoms with van der Waals surface area (Å²) in [5, 5.41) is 2.21. The Morgan fingerprint density at radius 1 is 1.47 bits per heavy atom. The van der Waals surface area contributed by atoms with Crippen LogP contribution in [-0.2, 0) is 4.74 Å². The average molecular weight is 274 g/mol. The molecule has 0 aromatic carbocycles. The van der Waals surface area contributed by atoms with E-state index in [9.17, 15) is 0 Å². The monoisotopic (exact) mass is 274 g/mol. The minimum atomic E-state index is 0.00365. The largest absolute Gasteiger partial charge is 0.376 e. The zero-order valence-electron chi connectivity index (χ0n) is 11.3. The molecule has 4 heteroatoms. The molecule has 100 valence electrons. The van der Waals surface area contributed by atoms with Crippen LogP contribution in [0.2, 0.25) is 0 Å². The molecule has 2 aliphatic rings. The minimum absolute atomic E-state index is 0.00365. The average Bonchev–Trinajstić information content (AvgIpc) is 2.98. The van der Waals surface area contributed by atoms with E-state index >= 15 is 0 Å². The van der Waals surface area contributed by atoms with Crippen molar-refractivity contribution >= 4 is 11.3 Å². The summed E-state index contributed by atoms with van der Waals surface area (Å²) in [4.78, 5) is 5.85. The lowest BCUT2D eigenvalue weighted by Crippen LogP contribution is -2.37. The minimum Gasteiger partial charge on any atom is -0.376 e. The number of hydrogen-bond donors (Lipinski definition) is 0. The first-order valence-electron chi connectivity index (χ1n) is 6.89. The predicted molar refractivity (Wildman–Crippen MR) is 76.4 cm³/mol. The Kier molecular flexibility index (Phi) is 2.42. The van der Waals surface area contributed by atoms with E-state index in [1.807, 2.05) is 23.9 Å². The highest BCUT2D eigenvalue weighted by Crippen LogP contribution is 2.49. The van der Waals surface area contributed by atoms with E-state index in [4.69, 9.17) is 4.74 Å². The molecule has 2 aromatic heterocycles. The number of hydrogen-bond acceptors (Lipinski definition) is 3. The van der Waals surface area contributed by atoms with E-state index < -0.39 is 0 Å². The maximum atomic E-state index is 5.87. The Labute approximate surface area is 117 Å². The second-order valence-electron chi connectivity index (χ2n) is 6.19. The number of thiophene rings is 1. The third-order valence-electron chi connectivity index (χ3n) is 4.39. The second-order valence-corrected chi connectivity index (χ2v) is 7.14. The van der Waals surface area contributed by atoms with E-state index in [2.05, 4.69) is 34.8 Å². The molecule has 0 bridgehead atoms. The zero-order chi connectivity index (χ0) is 13.0. The lowest BCUT2D eigenvalue weighted by Gasteiger charge is -2.38. The van der Waals surface area contributed by atoms with Gasteiger partial charge in [-0.2, -0.15) is 0 Å². The van der Waals surface area contributed by atoms with Gasteiger partial charge in [-0.15, -0.1) is 11.3 Å². The second kappa shape index (κ2) is 3.93. The molecule has 0 spiro atoms. The molecule has 4 heterocycles. The maximum absolute atomic E-state index is 5.87. The van der Waals surface area contributed by atoms with Crippen molar-refractivity contribution in [3.05, 3.63) is 28.8 Å². The molecule has 2 atom stereocenters. The van der Waals surface area contributed by atoms with Gasteiger partial charge in [-0.05, 0) is 44.1 Å². The molecule has 0 aliphatic carbocycles. The fraction of sp³-hybridized carbons (Fsp3) is 0.533. The van der Waals surface area contributed by atoms with Crippen LogP contribution in [-0.4, -0.2) is 21.8 Å². The number of fused-ring (bicyclic) bond motifs is 3. The van der Waals surface area contributed by atoms with Crippen molar-refractivity contribution in [1.82, 2.24) is 9.55 Å². The number of imidazole rings is 1. The molecule has 1 saturated heterocycles. The van der Waals surface area contributed by atoms with E-state index in [-0.39, 0.29) is 5.60 Å². The van der Waals surface area contributed by atoms with Crippen LogP contribution >= 0.6 is 11.3 Å². The van der Waals surface area contributed by atoms with Gasteiger partial charge in [-0.3, -0.25) is 0 Å². The van der Waals surface area contributed by atoms with Gasteiger partial charge in [-0.25, -0.2) is 4.98 Å². The van der Waals surface area contributed by atoms with Gasteiger partial charge >= 0.3 is 0 Å². The van der Waals surface area contributed by atoms with E-state index in [1.165, 1.54) is 16.1 Å². The molecule has 2 aliphatic heterocycles. The first kappa shape index (κ1) is 11.7. The summed E-state index contributed by atoms with van der Waals surface area (Å²) < 4.78 is 8.24. The lowest BCUT2D eigenvalue weighted by molar-refractivity contribution is -0.0778. The number of nitrogens with zero attached hydrogens (tertiary/aromatic N) is 2. The summed E-state index contributed by atoms with van der Waals surface area (Å²) in [7, 11) is 0. The lowest BCUT2D eigenvalue weighted by atomic mass is 9.83. The number of rotatable bonds is 1. The van der Waals surface area contributed by atoms with E-state index in [0.29, 0.717) is 12.0 Å². The van der Waals surface area contributed by atoms with Crippen molar-refractivity contribution in [3.8, 4) is 11.3 Å². The van der Waals surface area contributed by atoms with Crippen molar-refractivity contribution in [1.29, 1.82) is 0 Å². The maximum Gasteiger partial charge on any atom is 0.0957 e. The van der Waals surface area contributed by atoms with Gasteiger partial charge in [0.15, 0.2) is 0 Å². The predicted octanol–water partition coefficient (Wildman–Crippen LogP) is 3.72. The van der Waals surface area contributed by atoms with Gasteiger partial charge in [-0.1, -0.05) is 0 Å². The molecular weight excluding hydrogens is 256 g/mol. The van der Waals surface area contributed by atoms with Crippen LogP contribution < -0.4 is 0 Å². The van der Waals surface area contributed by atoms with E-state index in [0.717, 1.165) is 19.4 Å². The van der Waals surface area contributed by atoms with Crippen LogP contribution in [0.15, 0.2) is 24.0 Å². The summed E-state index contributed by atoms with van der Waals surface area (Å²) in [5.41, 5.74) is 2.67. The van der Waals surface area contributed by atoms with Crippen LogP contribution in [0.5, 0.6) is 0 Å². The first-order valence-corrected chi connectivity index (χ1v) is 7.77. The van der Waals surface area contributed by atoms with Crippen LogP contribution in [0.1, 0.15) is 37.6 Å². The highest BCUT2D eigenvalue weighted by Gasteiger charge is 2.40. The van der Waals surface area contributed by atoms with Gasteiger partial charge in [0, 0.05) is 17.0 Å². The van der Waals surface area contributed by atoms with Crippen LogP contribution in [0, 0.1) is 5.92 Å². The van der Waals surface area contributed by atoms with Crippen molar-refractivity contribution in [2.75, 3.05) is 6.61 Å². The first-order chi connectivity index (χ1) is 9.16. The number of ether oxygens (including phenoxy) is 1. The molecule has 1 unspecified atom stereocenters. The Balaban J connectivity index is 1.76. The molecule has 4 rings (SSSR count). The normalized spacial score (nSPS) is 28.1. The Hall–Kier alpha value is -1.13. The van der Waals surface area contributed by atoms with Crippen LogP contribution in [0.25, 0.3) is 11.3 Å². The highest BCUT2D eigenvalue weighted by molar-refractivity contribution is 7.10. The molecule has 0 amide bonds. The molecule has 19 heavy (non-hydrogen) atoms. The third-order valence-corrected chi connectivity index (χ3v) is 5.37. The summed E-state index contributed by atoms with van der Waals surface area (Å²) in [6, 6.07) is 2.70. The van der Waals surface area contributed by atoms with Gasteiger partial charge in [0.05, 0.1) is 29.9 Å².